The lowest BCUT2D eigenvalue weighted by Crippen LogP contribution is -2.10. The number of hydrogen-bond acceptors (Lipinski definition) is 2. The summed E-state index contributed by atoms with van der Waals surface area (Å²) in [4.78, 5) is 10.4. The van der Waals surface area contributed by atoms with Gasteiger partial charge in [0.05, 0.1) is 4.92 Å². The zero-order valence-electron chi connectivity index (χ0n) is 10.7. The van der Waals surface area contributed by atoms with E-state index in [2.05, 4.69) is 0 Å². The first kappa shape index (κ1) is 12.5. The number of nitro groups is 1. The van der Waals surface area contributed by atoms with Crippen molar-refractivity contribution >= 4 is 29.9 Å². The molecule has 0 saturated heterocycles. The number of non-ortho nitro benzene ring substituents is 1. The zero-order valence-corrected chi connectivity index (χ0v) is 10.7. The molecular formula is C15H11BN2O2. The first-order valence-corrected chi connectivity index (χ1v) is 6.22. The summed E-state index contributed by atoms with van der Waals surface area (Å²) in [5, 5.41) is 11.6. The Kier molecular flexibility index (Phi) is 3.02. The third-order valence-corrected chi connectivity index (χ3v) is 3.28. The highest BCUT2D eigenvalue weighted by molar-refractivity contribution is 6.38. The molecule has 0 saturated carbocycles. The zero-order chi connectivity index (χ0) is 14.1. The van der Waals surface area contributed by atoms with Gasteiger partial charge >= 0.3 is 0 Å². The molecule has 5 heteroatoms. The molecule has 96 valence electrons. The van der Waals surface area contributed by atoms with Crippen molar-refractivity contribution < 1.29 is 4.92 Å². The third kappa shape index (κ3) is 2.18. The van der Waals surface area contributed by atoms with E-state index in [0.29, 0.717) is 12.0 Å². The van der Waals surface area contributed by atoms with Gasteiger partial charge in [-0.15, -0.1) is 0 Å². The van der Waals surface area contributed by atoms with Gasteiger partial charge in [-0.25, -0.2) is 0 Å². The van der Waals surface area contributed by atoms with E-state index in [1.165, 1.54) is 6.07 Å². The van der Waals surface area contributed by atoms with Crippen LogP contribution in [0.4, 0.5) is 5.69 Å². The Morgan fingerprint density at radius 2 is 1.90 bits per heavy atom. The van der Waals surface area contributed by atoms with Gasteiger partial charge in [0.1, 0.15) is 7.85 Å². The number of nitro benzene ring substituents is 1. The molecule has 0 fully saturated rings. The highest BCUT2D eigenvalue weighted by atomic mass is 16.6. The van der Waals surface area contributed by atoms with Gasteiger partial charge in [0, 0.05) is 35.8 Å². The van der Waals surface area contributed by atoms with Gasteiger partial charge < -0.3 is 4.57 Å². The van der Waals surface area contributed by atoms with Crippen molar-refractivity contribution in [2.45, 2.75) is 6.54 Å². The van der Waals surface area contributed by atoms with E-state index in [0.717, 1.165) is 16.5 Å². The summed E-state index contributed by atoms with van der Waals surface area (Å²) < 4.78 is 2.00. The predicted octanol–water partition coefficient (Wildman–Crippen LogP) is 2.39. The Balaban J connectivity index is 2.07. The second-order valence-corrected chi connectivity index (χ2v) is 4.66. The van der Waals surface area contributed by atoms with Crippen molar-refractivity contribution in [3.05, 3.63) is 70.4 Å². The molecule has 0 spiro atoms. The van der Waals surface area contributed by atoms with Gasteiger partial charge in [-0.1, -0.05) is 35.8 Å². The standard InChI is InChI=1S/C15H11BN2O2/c16-14-9-13(18(19)20)8-12-6-7-17(15(12)14)10-11-4-2-1-3-5-11/h1-9H,10H2. The molecule has 20 heavy (non-hydrogen) atoms. The van der Waals surface area contributed by atoms with Crippen LogP contribution >= 0.6 is 0 Å². The van der Waals surface area contributed by atoms with Crippen molar-refractivity contribution in [1.82, 2.24) is 4.57 Å². The van der Waals surface area contributed by atoms with Crippen LogP contribution < -0.4 is 5.46 Å². The normalized spacial score (nSPS) is 10.8. The highest BCUT2D eigenvalue weighted by Crippen LogP contribution is 2.20. The summed E-state index contributed by atoms with van der Waals surface area (Å²) in [6.45, 7) is 0.687. The fourth-order valence-electron chi connectivity index (χ4n) is 2.38. The molecule has 1 aromatic heterocycles. The van der Waals surface area contributed by atoms with Gasteiger partial charge in [0.15, 0.2) is 0 Å². The van der Waals surface area contributed by atoms with Crippen molar-refractivity contribution in [3.8, 4) is 0 Å². The maximum Gasteiger partial charge on any atom is 0.269 e. The van der Waals surface area contributed by atoms with Gasteiger partial charge in [0.25, 0.3) is 5.69 Å². The van der Waals surface area contributed by atoms with E-state index in [1.54, 1.807) is 6.07 Å². The Morgan fingerprint density at radius 1 is 1.15 bits per heavy atom. The van der Waals surface area contributed by atoms with E-state index in [9.17, 15) is 10.1 Å². The van der Waals surface area contributed by atoms with Crippen LogP contribution in [0.1, 0.15) is 5.56 Å². The summed E-state index contributed by atoms with van der Waals surface area (Å²) >= 11 is 0. The fraction of sp³-hybridized carbons (Fsp3) is 0.0667. The Bertz CT molecular complexity index is 781. The average molecular weight is 262 g/mol. The van der Waals surface area contributed by atoms with E-state index in [1.807, 2.05) is 47.2 Å². The van der Waals surface area contributed by atoms with E-state index in [-0.39, 0.29) is 5.69 Å². The molecule has 0 unspecified atom stereocenters. The van der Waals surface area contributed by atoms with E-state index < -0.39 is 4.92 Å². The molecule has 1 heterocycles. The fourth-order valence-corrected chi connectivity index (χ4v) is 2.38. The SMILES string of the molecule is [B]c1cc([N+](=O)[O-])cc2ccn(Cc3ccccc3)c12. The molecule has 0 bridgehead atoms. The minimum atomic E-state index is -0.426. The number of rotatable bonds is 3. The Morgan fingerprint density at radius 3 is 2.60 bits per heavy atom. The number of aromatic nitrogens is 1. The Hall–Kier alpha value is -2.56. The highest BCUT2D eigenvalue weighted by Gasteiger charge is 2.12. The number of hydrogen-bond donors (Lipinski definition) is 0. The summed E-state index contributed by atoms with van der Waals surface area (Å²) in [5.74, 6) is 0. The van der Waals surface area contributed by atoms with Crippen LogP contribution in [0, 0.1) is 10.1 Å². The first-order chi connectivity index (χ1) is 9.65. The van der Waals surface area contributed by atoms with Crippen molar-refractivity contribution in [2.75, 3.05) is 0 Å². The van der Waals surface area contributed by atoms with Crippen LogP contribution in [0.5, 0.6) is 0 Å². The molecule has 0 aliphatic carbocycles. The summed E-state index contributed by atoms with van der Waals surface area (Å²) in [7, 11) is 5.97. The smallest absolute Gasteiger partial charge is 0.269 e. The van der Waals surface area contributed by atoms with E-state index in [4.69, 9.17) is 7.85 Å². The number of fused-ring (bicyclic) bond motifs is 1. The molecule has 4 nitrogen and oxygen atoms in total. The van der Waals surface area contributed by atoms with E-state index >= 15 is 0 Å². The van der Waals surface area contributed by atoms with Crippen LogP contribution in [0.2, 0.25) is 0 Å². The predicted molar refractivity (Wildman–Crippen MR) is 79.5 cm³/mol. The van der Waals surface area contributed by atoms with Crippen molar-refractivity contribution in [2.24, 2.45) is 0 Å². The molecule has 3 aromatic rings. The molecule has 3 rings (SSSR count). The summed E-state index contributed by atoms with van der Waals surface area (Å²) in [6, 6.07) is 14.8. The molecular weight excluding hydrogens is 251 g/mol. The first-order valence-electron chi connectivity index (χ1n) is 6.22. The molecule has 0 atom stereocenters. The number of benzene rings is 2. The molecule has 2 aromatic carbocycles. The molecule has 0 aliphatic heterocycles. The average Bonchev–Trinajstić information content (AvgIpc) is 2.83. The lowest BCUT2D eigenvalue weighted by molar-refractivity contribution is -0.384. The largest absolute Gasteiger partial charge is 0.344 e. The van der Waals surface area contributed by atoms with Crippen LogP contribution in [0.25, 0.3) is 10.9 Å². The minimum Gasteiger partial charge on any atom is -0.344 e. The molecule has 0 amide bonds. The van der Waals surface area contributed by atoms with Crippen LogP contribution in [0.15, 0.2) is 54.7 Å². The summed E-state index contributed by atoms with van der Waals surface area (Å²) in [6.07, 6.45) is 1.90. The van der Waals surface area contributed by atoms with Gasteiger partial charge in [0.2, 0.25) is 0 Å². The van der Waals surface area contributed by atoms with Gasteiger partial charge in [-0.05, 0) is 11.6 Å². The lowest BCUT2D eigenvalue weighted by atomic mass is 9.93. The van der Waals surface area contributed by atoms with Crippen LogP contribution in [-0.4, -0.2) is 17.3 Å². The maximum absolute atomic E-state index is 10.8. The minimum absolute atomic E-state index is 0.0208. The maximum atomic E-state index is 10.8. The quantitative estimate of drug-likeness (QED) is 0.413. The molecule has 0 aliphatic rings. The lowest BCUT2D eigenvalue weighted by Gasteiger charge is -2.08. The van der Waals surface area contributed by atoms with Crippen molar-refractivity contribution in [1.29, 1.82) is 0 Å². The number of nitrogens with zero attached hydrogens (tertiary/aromatic N) is 2. The van der Waals surface area contributed by atoms with Gasteiger partial charge in [-0.2, -0.15) is 0 Å². The monoisotopic (exact) mass is 262 g/mol. The van der Waals surface area contributed by atoms with Crippen LogP contribution in [0.3, 0.4) is 0 Å². The third-order valence-electron chi connectivity index (χ3n) is 3.28. The molecule has 2 radical (unpaired) electrons. The van der Waals surface area contributed by atoms with Gasteiger partial charge in [-0.3, -0.25) is 10.1 Å². The second-order valence-electron chi connectivity index (χ2n) is 4.66. The topological polar surface area (TPSA) is 48.1 Å². The summed E-state index contributed by atoms with van der Waals surface area (Å²) in [5.41, 5.74) is 2.43. The van der Waals surface area contributed by atoms with Crippen molar-refractivity contribution in [3.63, 3.8) is 0 Å². The second kappa shape index (κ2) is 4.85. The Labute approximate surface area is 117 Å². The van der Waals surface area contributed by atoms with Crippen LogP contribution in [-0.2, 0) is 6.54 Å². The molecule has 0 N–H and O–H groups in total.